The molecule has 0 spiro atoms. The van der Waals surface area contributed by atoms with E-state index in [1.807, 2.05) is 6.92 Å². The van der Waals surface area contributed by atoms with Crippen LogP contribution >= 0.6 is 11.3 Å². The Bertz CT molecular complexity index is 703. The molecule has 1 aliphatic heterocycles. The van der Waals surface area contributed by atoms with Gasteiger partial charge in [0.1, 0.15) is 11.0 Å². The Morgan fingerprint density at radius 3 is 3.08 bits per heavy atom. The van der Waals surface area contributed by atoms with Crippen LogP contribution in [0.4, 0.5) is 9.93 Å². The van der Waals surface area contributed by atoms with Gasteiger partial charge in [0.15, 0.2) is 5.82 Å². The molecule has 1 fully saturated rings. The molecule has 25 heavy (non-hydrogen) atoms. The molecule has 2 amide bonds. The van der Waals surface area contributed by atoms with Gasteiger partial charge in [-0.25, -0.2) is 4.79 Å². The SMILES string of the molecule is CCOCCc1nnc(NC(=O)N2CCCCC2c2nc(C)no2)s1. The summed E-state index contributed by atoms with van der Waals surface area (Å²) in [4.78, 5) is 18.7. The maximum absolute atomic E-state index is 12.7. The maximum Gasteiger partial charge on any atom is 0.324 e. The summed E-state index contributed by atoms with van der Waals surface area (Å²) in [6.45, 7) is 5.64. The number of amides is 2. The quantitative estimate of drug-likeness (QED) is 0.783. The number of likely N-dealkylation sites (tertiary alicyclic amines) is 1. The summed E-state index contributed by atoms with van der Waals surface area (Å²) in [5, 5.41) is 16.1. The number of rotatable bonds is 6. The predicted octanol–water partition coefficient (Wildman–Crippen LogP) is 2.57. The molecule has 1 atom stereocenters. The topological polar surface area (TPSA) is 106 Å². The molecule has 3 heterocycles. The predicted molar refractivity (Wildman–Crippen MR) is 91.5 cm³/mol. The lowest BCUT2D eigenvalue weighted by molar-refractivity contribution is 0.142. The first kappa shape index (κ1) is 17.7. The molecule has 0 aliphatic carbocycles. The van der Waals surface area contributed by atoms with Crippen molar-refractivity contribution in [2.24, 2.45) is 0 Å². The van der Waals surface area contributed by atoms with E-state index in [0.29, 0.717) is 43.0 Å². The van der Waals surface area contributed by atoms with E-state index >= 15 is 0 Å². The summed E-state index contributed by atoms with van der Waals surface area (Å²) in [7, 11) is 0. The van der Waals surface area contributed by atoms with Crippen molar-refractivity contribution in [3.05, 3.63) is 16.7 Å². The van der Waals surface area contributed by atoms with Gasteiger partial charge in [-0.3, -0.25) is 5.32 Å². The van der Waals surface area contributed by atoms with Gasteiger partial charge in [0.05, 0.1) is 6.61 Å². The zero-order valence-corrected chi connectivity index (χ0v) is 15.2. The van der Waals surface area contributed by atoms with E-state index in [0.717, 1.165) is 24.3 Å². The number of nitrogens with one attached hydrogen (secondary N) is 1. The minimum absolute atomic E-state index is 0.194. The molecular weight excluding hydrogens is 344 g/mol. The summed E-state index contributed by atoms with van der Waals surface area (Å²) in [5.41, 5.74) is 0. The standard InChI is InChI=1S/C15H22N6O3S/c1-3-23-9-7-12-18-19-14(25-12)17-15(22)21-8-5-4-6-11(21)13-16-10(2)20-24-13/h11H,3-9H2,1-2H3,(H,17,19,22). The van der Waals surface area contributed by atoms with E-state index in [1.54, 1.807) is 11.8 Å². The molecule has 2 aromatic rings. The van der Waals surface area contributed by atoms with Gasteiger partial charge >= 0.3 is 6.03 Å². The second-order valence-corrected chi connectivity index (χ2v) is 6.82. The number of aryl methyl sites for hydroxylation is 1. The van der Waals surface area contributed by atoms with Crippen LogP contribution in [0.3, 0.4) is 0 Å². The average Bonchev–Trinajstić information content (AvgIpc) is 3.24. The molecule has 0 radical (unpaired) electrons. The Morgan fingerprint density at radius 1 is 1.44 bits per heavy atom. The van der Waals surface area contributed by atoms with Crippen LogP contribution in [0.5, 0.6) is 0 Å². The number of anilines is 1. The van der Waals surface area contributed by atoms with E-state index in [9.17, 15) is 4.79 Å². The molecule has 0 aromatic carbocycles. The van der Waals surface area contributed by atoms with Gasteiger partial charge in [0, 0.05) is 19.6 Å². The lowest BCUT2D eigenvalue weighted by Crippen LogP contribution is -2.41. The van der Waals surface area contributed by atoms with E-state index in [4.69, 9.17) is 9.26 Å². The van der Waals surface area contributed by atoms with Crippen molar-refractivity contribution >= 4 is 22.5 Å². The van der Waals surface area contributed by atoms with Crippen molar-refractivity contribution in [2.75, 3.05) is 25.1 Å². The van der Waals surface area contributed by atoms with Crippen LogP contribution in [0.2, 0.25) is 0 Å². The van der Waals surface area contributed by atoms with Crippen molar-refractivity contribution in [3.63, 3.8) is 0 Å². The van der Waals surface area contributed by atoms with Crippen LogP contribution in [0, 0.1) is 6.92 Å². The number of carbonyl (C=O) groups is 1. The largest absolute Gasteiger partial charge is 0.381 e. The van der Waals surface area contributed by atoms with Crippen molar-refractivity contribution in [3.8, 4) is 0 Å². The zero-order chi connectivity index (χ0) is 17.6. The molecule has 1 saturated heterocycles. The molecule has 9 nitrogen and oxygen atoms in total. The summed E-state index contributed by atoms with van der Waals surface area (Å²) in [6.07, 6.45) is 3.47. The highest BCUT2D eigenvalue weighted by atomic mass is 32.1. The van der Waals surface area contributed by atoms with Crippen LogP contribution in [0.25, 0.3) is 0 Å². The summed E-state index contributed by atoms with van der Waals surface area (Å²) < 4.78 is 10.6. The highest BCUT2D eigenvalue weighted by Crippen LogP contribution is 2.30. The first-order valence-electron chi connectivity index (χ1n) is 8.45. The lowest BCUT2D eigenvalue weighted by atomic mass is 10.0. The first-order valence-corrected chi connectivity index (χ1v) is 9.27. The first-order chi connectivity index (χ1) is 12.2. The van der Waals surface area contributed by atoms with Gasteiger partial charge in [-0.1, -0.05) is 16.5 Å². The third-order valence-electron chi connectivity index (χ3n) is 3.94. The van der Waals surface area contributed by atoms with E-state index in [-0.39, 0.29) is 12.1 Å². The highest BCUT2D eigenvalue weighted by molar-refractivity contribution is 7.15. The fraction of sp³-hybridized carbons (Fsp3) is 0.667. The Labute approximate surface area is 149 Å². The summed E-state index contributed by atoms with van der Waals surface area (Å²) in [5.74, 6) is 1.06. The fourth-order valence-electron chi connectivity index (χ4n) is 2.75. The Hall–Kier alpha value is -2.07. The lowest BCUT2D eigenvalue weighted by Gasteiger charge is -2.32. The third kappa shape index (κ3) is 4.51. The van der Waals surface area contributed by atoms with Crippen molar-refractivity contribution in [1.29, 1.82) is 0 Å². The van der Waals surface area contributed by atoms with Gasteiger partial charge < -0.3 is 14.2 Å². The molecule has 136 valence electrons. The number of urea groups is 1. The number of hydrogen-bond acceptors (Lipinski definition) is 8. The smallest absolute Gasteiger partial charge is 0.324 e. The Balaban J connectivity index is 1.62. The average molecular weight is 366 g/mol. The monoisotopic (exact) mass is 366 g/mol. The molecule has 0 saturated carbocycles. The van der Waals surface area contributed by atoms with Crippen LogP contribution < -0.4 is 5.32 Å². The molecule has 10 heteroatoms. The molecule has 1 unspecified atom stereocenters. The van der Waals surface area contributed by atoms with Gasteiger partial charge in [-0.2, -0.15) is 4.98 Å². The summed E-state index contributed by atoms with van der Waals surface area (Å²) >= 11 is 1.36. The number of hydrogen-bond donors (Lipinski definition) is 1. The maximum atomic E-state index is 12.7. The minimum Gasteiger partial charge on any atom is -0.381 e. The highest BCUT2D eigenvalue weighted by Gasteiger charge is 2.32. The molecule has 1 N–H and O–H groups in total. The molecule has 1 aliphatic rings. The van der Waals surface area contributed by atoms with Crippen LogP contribution in [0.1, 0.15) is 49.0 Å². The van der Waals surface area contributed by atoms with E-state index < -0.39 is 0 Å². The molecule has 2 aromatic heterocycles. The van der Waals surface area contributed by atoms with Crippen LogP contribution in [0.15, 0.2) is 4.52 Å². The number of ether oxygens (including phenoxy) is 1. The third-order valence-corrected chi connectivity index (χ3v) is 4.84. The van der Waals surface area contributed by atoms with Gasteiger partial charge in [-0.15, -0.1) is 10.2 Å². The Morgan fingerprint density at radius 2 is 2.32 bits per heavy atom. The molecular formula is C15H22N6O3S. The second-order valence-electron chi connectivity index (χ2n) is 5.76. The van der Waals surface area contributed by atoms with Crippen LogP contribution in [-0.2, 0) is 11.2 Å². The van der Waals surface area contributed by atoms with Crippen molar-refractivity contribution in [2.45, 2.75) is 45.6 Å². The second kappa shape index (κ2) is 8.34. The van der Waals surface area contributed by atoms with Crippen molar-refractivity contribution < 1.29 is 14.1 Å². The summed E-state index contributed by atoms with van der Waals surface area (Å²) in [6, 6.07) is -0.409. The zero-order valence-electron chi connectivity index (χ0n) is 14.4. The number of piperidine rings is 1. The number of nitrogens with zero attached hydrogens (tertiary/aromatic N) is 5. The van der Waals surface area contributed by atoms with Crippen LogP contribution in [-0.4, -0.2) is 51.0 Å². The van der Waals surface area contributed by atoms with E-state index in [2.05, 4.69) is 25.7 Å². The van der Waals surface area contributed by atoms with Gasteiger partial charge in [-0.05, 0) is 33.1 Å². The molecule has 0 bridgehead atoms. The van der Waals surface area contributed by atoms with E-state index in [1.165, 1.54) is 11.3 Å². The number of aromatic nitrogens is 4. The van der Waals surface area contributed by atoms with Crippen molar-refractivity contribution in [1.82, 2.24) is 25.2 Å². The fourth-order valence-corrected chi connectivity index (χ4v) is 3.46. The normalized spacial score (nSPS) is 17.7. The Kier molecular flexibility index (Phi) is 5.92. The minimum atomic E-state index is -0.215. The van der Waals surface area contributed by atoms with Gasteiger partial charge in [0.25, 0.3) is 0 Å². The molecule has 3 rings (SSSR count). The van der Waals surface area contributed by atoms with Gasteiger partial charge in [0.2, 0.25) is 11.0 Å². The number of carbonyl (C=O) groups excluding carboxylic acids is 1.